The molecule has 0 saturated heterocycles. The average molecular weight is 346 g/mol. The van der Waals surface area contributed by atoms with Crippen molar-refractivity contribution in [2.24, 2.45) is 0 Å². The first-order chi connectivity index (χ1) is 11.3. The molecule has 1 heterocycles. The Kier molecular flexibility index (Phi) is 6.03. The zero-order valence-corrected chi connectivity index (χ0v) is 15.1. The molecule has 0 saturated carbocycles. The van der Waals surface area contributed by atoms with E-state index < -0.39 is 0 Å². The Morgan fingerprint density at radius 1 is 1.17 bits per heavy atom. The first-order valence-electron chi connectivity index (χ1n) is 7.68. The van der Waals surface area contributed by atoms with Crippen LogP contribution in [0.2, 0.25) is 0 Å². The molecule has 0 aliphatic heterocycles. The van der Waals surface area contributed by atoms with Gasteiger partial charge in [0.2, 0.25) is 0 Å². The van der Waals surface area contributed by atoms with Gasteiger partial charge < -0.3 is 0 Å². The molecule has 7 heteroatoms. The fourth-order valence-corrected chi connectivity index (χ4v) is 2.99. The maximum Gasteiger partial charge on any atom is 0.260 e. The average Bonchev–Trinajstić information content (AvgIpc) is 2.84. The van der Waals surface area contributed by atoms with Crippen LogP contribution in [0.5, 0.6) is 0 Å². The number of benzene rings is 1. The van der Waals surface area contributed by atoms with Gasteiger partial charge in [0.05, 0.1) is 10.9 Å². The smallest absolute Gasteiger partial charge is 0.260 e. The Morgan fingerprint density at radius 2 is 1.83 bits per heavy atom. The van der Waals surface area contributed by atoms with Gasteiger partial charge in [-0.2, -0.15) is 5.10 Å². The number of aromatic nitrogens is 2. The summed E-state index contributed by atoms with van der Waals surface area (Å²) in [6.07, 6.45) is 0. The summed E-state index contributed by atoms with van der Waals surface area (Å²) in [6.45, 7) is 7.63. The van der Waals surface area contributed by atoms with Crippen molar-refractivity contribution >= 4 is 23.6 Å². The third kappa shape index (κ3) is 5.13. The standard InChI is InChI=1S/C17H22N4O2S/c1-11-5-7-15(8-6-11)24-14(4)17(23)19-18-16(22)10-21-13(3)9-12(2)20-21/h5-9,14H,10H2,1-4H3,(H,18,22)(H,19,23)/t14-/m0/s1. The molecule has 0 radical (unpaired) electrons. The van der Waals surface area contributed by atoms with Gasteiger partial charge in [0.15, 0.2) is 0 Å². The van der Waals surface area contributed by atoms with Gasteiger partial charge in [-0.1, -0.05) is 17.7 Å². The van der Waals surface area contributed by atoms with E-state index in [2.05, 4.69) is 16.0 Å². The highest BCUT2D eigenvalue weighted by Gasteiger charge is 2.15. The predicted octanol–water partition coefficient (Wildman–Crippen LogP) is 2.14. The number of amides is 2. The van der Waals surface area contributed by atoms with Crippen LogP contribution in [0.25, 0.3) is 0 Å². The molecule has 0 aliphatic rings. The minimum absolute atomic E-state index is 0.0689. The quantitative estimate of drug-likeness (QED) is 0.642. The van der Waals surface area contributed by atoms with Crippen molar-refractivity contribution in [3.8, 4) is 0 Å². The molecule has 2 aromatic rings. The van der Waals surface area contributed by atoms with E-state index in [1.165, 1.54) is 17.3 Å². The first-order valence-corrected chi connectivity index (χ1v) is 8.56. The van der Waals surface area contributed by atoms with E-state index in [1.807, 2.05) is 51.1 Å². The van der Waals surface area contributed by atoms with Crippen LogP contribution in [0.15, 0.2) is 35.2 Å². The van der Waals surface area contributed by atoms with Crippen molar-refractivity contribution in [2.45, 2.75) is 44.4 Å². The van der Waals surface area contributed by atoms with Crippen molar-refractivity contribution in [1.82, 2.24) is 20.6 Å². The monoisotopic (exact) mass is 346 g/mol. The second-order valence-electron chi connectivity index (χ2n) is 5.70. The van der Waals surface area contributed by atoms with Crippen molar-refractivity contribution in [3.63, 3.8) is 0 Å². The Hall–Kier alpha value is -2.28. The zero-order valence-electron chi connectivity index (χ0n) is 14.3. The summed E-state index contributed by atoms with van der Waals surface area (Å²) in [7, 11) is 0. The van der Waals surface area contributed by atoms with Crippen LogP contribution >= 0.6 is 11.8 Å². The Bertz CT molecular complexity index is 725. The lowest BCUT2D eigenvalue weighted by atomic mass is 10.2. The molecule has 6 nitrogen and oxygen atoms in total. The SMILES string of the molecule is Cc1ccc(S[C@@H](C)C(=O)NNC(=O)Cn2nc(C)cc2C)cc1. The normalized spacial score (nSPS) is 11.8. The van der Waals surface area contributed by atoms with Crippen LogP contribution in [0.3, 0.4) is 0 Å². The third-order valence-corrected chi connectivity index (χ3v) is 4.54. The number of aryl methyl sites for hydroxylation is 3. The summed E-state index contributed by atoms with van der Waals surface area (Å²) in [6, 6.07) is 9.86. The lowest BCUT2D eigenvalue weighted by Gasteiger charge is -2.13. The molecule has 2 N–H and O–H groups in total. The highest BCUT2D eigenvalue weighted by Crippen LogP contribution is 2.23. The van der Waals surface area contributed by atoms with E-state index in [4.69, 9.17) is 0 Å². The van der Waals surface area contributed by atoms with Crippen LogP contribution < -0.4 is 10.9 Å². The zero-order chi connectivity index (χ0) is 17.7. The number of hydrogen-bond donors (Lipinski definition) is 2. The molecule has 0 aliphatic carbocycles. The molecule has 24 heavy (non-hydrogen) atoms. The maximum atomic E-state index is 12.1. The number of thioether (sulfide) groups is 1. The van der Waals surface area contributed by atoms with Gasteiger partial charge in [-0.05, 0) is 45.9 Å². The molecule has 2 amide bonds. The van der Waals surface area contributed by atoms with Gasteiger partial charge in [-0.15, -0.1) is 11.8 Å². The molecular weight excluding hydrogens is 324 g/mol. The number of hydrazine groups is 1. The molecule has 1 aromatic heterocycles. The summed E-state index contributed by atoms with van der Waals surface area (Å²) < 4.78 is 1.60. The largest absolute Gasteiger partial charge is 0.272 e. The third-order valence-electron chi connectivity index (χ3n) is 3.42. The lowest BCUT2D eigenvalue weighted by Crippen LogP contribution is -2.46. The number of carbonyl (C=O) groups excluding carboxylic acids is 2. The van der Waals surface area contributed by atoms with Crippen molar-refractivity contribution in [2.75, 3.05) is 0 Å². The van der Waals surface area contributed by atoms with E-state index >= 15 is 0 Å². The lowest BCUT2D eigenvalue weighted by molar-refractivity contribution is -0.128. The molecular formula is C17H22N4O2S. The van der Waals surface area contributed by atoms with Crippen LogP contribution in [-0.2, 0) is 16.1 Å². The molecule has 0 unspecified atom stereocenters. The Morgan fingerprint density at radius 3 is 2.42 bits per heavy atom. The van der Waals surface area contributed by atoms with Crippen molar-refractivity contribution < 1.29 is 9.59 Å². The predicted molar refractivity (Wildman–Crippen MR) is 94.5 cm³/mol. The van der Waals surface area contributed by atoms with Gasteiger partial charge in [-0.3, -0.25) is 25.1 Å². The van der Waals surface area contributed by atoms with Crippen LogP contribution in [-0.4, -0.2) is 26.8 Å². The van der Waals surface area contributed by atoms with Gasteiger partial charge in [-0.25, -0.2) is 0 Å². The second-order valence-corrected chi connectivity index (χ2v) is 7.11. The van der Waals surface area contributed by atoms with Crippen LogP contribution in [0, 0.1) is 20.8 Å². The van der Waals surface area contributed by atoms with Crippen LogP contribution in [0.1, 0.15) is 23.9 Å². The number of nitrogens with one attached hydrogen (secondary N) is 2. The molecule has 0 spiro atoms. The van der Waals surface area contributed by atoms with Gasteiger partial charge in [0.1, 0.15) is 6.54 Å². The molecule has 0 bridgehead atoms. The van der Waals surface area contributed by atoms with E-state index in [0.717, 1.165) is 16.3 Å². The Balaban J connectivity index is 1.80. The minimum atomic E-state index is -0.318. The first kappa shape index (κ1) is 18.1. The number of hydrogen-bond acceptors (Lipinski definition) is 4. The second kappa shape index (κ2) is 8.01. The van der Waals surface area contributed by atoms with Gasteiger partial charge >= 0.3 is 0 Å². The topological polar surface area (TPSA) is 76.0 Å². The fraction of sp³-hybridized carbons (Fsp3) is 0.353. The number of nitrogens with zero attached hydrogens (tertiary/aromatic N) is 2. The minimum Gasteiger partial charge on any atom is -0.272 e. The van der Waals surface area contributed by atoms with Crippen LogP contribution in [0.4, 0.5) is 0 Å². The molecule has 2 rings (SSSR count). The summed E-state index contributed by atoms with van der Waals surface area (Å²) in [5.41, 5.74) is 7.82. The summed E-state index contributed by atoms with van der Waals surface area (Å²) in [4.78, 5) is 25.0. The highest BCUT2D eigenvalue weighted by atomic mass is 32.2. The summed E-state index contributed by atoms with van der Waals surface area (Å²) in [5.74, 6) is -0.565. The van der Waals surface area contributed by atoms with Gasteiger partial charge in [0, 0.05) is 10.6 Å². The maximum absolute atomic E-state index is 12.1. The number of carbonyl (C=O) groups is 2. The van der Waals surface area contributed by atoms with E-state index in [-0.39, 0.29) is 23.6 Å². The Labute approximate surface area is 146 Å². The molecule has 128 valence electrons. The van der Waals surface area contributed by atoms with E-state index in [9.17, 15) is 9.59 Å². The van der Waals surface area contributed by atoms with Crippen molar-refractivity contribution in [3.05, 3.63) is 47.3 Å². The molecule has 1 atom stereocenters. The van der Waals surface area contributed by atoms with Gasteiger partial charge in [0.25, 0.3) is 11.8 Å². The highest BCUT2D eigenvalue weighted by molar-refractivity contribution is 8.00. The molecule has 1 aromatic carbocycles. The van der Waals surface area contributed by atoms with E-state index in [0.29, 0.717) is 0 Å². The fourth-order valence-electron chi connectivity index (χ4n) is 2.12. The van der Waals surface area contributed by atoms with Crippen molar-refractivity contribution in [1.29, 1.82) is 0 Å². The summed E-state index contributed by atoms with van der Waals surface area (Å²) >= 11 is 1.44. The number of rotatable bonds is 5. The summed E-state index contributed by atoms with van der Waals surface area (Å²) in [5, 5.41) is 3.90. The molecule has 0 fully saturated rings. The van der Waals surface area contributed by atoms with E-state index in [1.54, 1.807) is 11.6 Å².